The van der Waals surface area contributed by atoms with E-state index in [0.29, 0.717) is 6.54 Å². The van der Waals surface area contributed by atoms with Crippen molar-refractivity contribution in [2.45, 2.75) is 71.3 Å². The third-order valence-electron chi connectivity index (χ3n) is 6.16. The maximum atomic E-state index is 12.8. The molecule has 1 unspecified atom stereocenters. The van der Waals surface area contributed by atoms with Gasteiger partial charge in [0.15, 0.2) is 6.54 Å². The lowest BCUT2D eigenvalue weighted by Gasteiger charge is -2.40. The van der Waals surface area contributed by atoms with Gasteiger partial charge in [0, 0.05) is 11.6 Å². The van der Waals surface area contributed by atoms with Crippen LogP contribution in [0.1, 0.15) is 63.5 Å². The molecule has 2 N–H and O–H groups in total. The van der Waals surface area contributed by atoms with E-state index in [9.17, 15) is 4.79 Å². The van der Waals surface area contributed by atoms with Crippen molar-refractivity contribution in [3.05, 3.63) is 29.3 Å². The molecule has 0 aromatic heterocycles. The number of anilines is 1. The summed E-state index contributed by atoms with van der Waals surface area (Å²) in [6.07, 6.45) is 10.0. The first kappa shape index (κ1) is 17.5. The first-order valence-electron chi connectivity index (χ1n) is 9.98. The molecule has 24 heavy (non-hydrogen) atoms. The number of carbonyl (C=O) groups is 1. The summed E-state index contributed by atoms with van der Waals surface area (Å²) in [5, 5.41) is 3.26. The predicted molar refractivity (Wildman–Crippen MR) is 99.5 cm³/mol. The summed E-state index contributed by atoms with van der Waals surface area (Å²) < 4.78 is 0. The van der Waals surface area contributed by atoms with Crippen LogP contribution in [0.2, 0.25) is 0 Å². The fourth-order valence-corrected chi connectivity index (χ4v) is 4.88. The third-order valence-corrected chi connectivity index (χ3v) is 6.16. The summed E-state index contributed by atoms with van der Waals surface area (Å²) in [7, 11) is 0. The van der Waals surface area contributed by atoms with Gasteiger partial charge in [0.2, 0.25) is 0 Å². The van der Waals surface area contributed by atoms with Crippen LogP contribution in [-0.2, 0) is 17.6 Å². The Morgan fingerprint density at radius 3 is 2.46 bits per heavy atom. The van der Waals surface area contributed by atoms with Gasteiger partial charge in [-0.1, -0.05) is 38.5 Å². The number of aryl methyl sites for hydroxylation is 2. The van der Waals surface area contributed by atoms with Crippen molar-refractivity contribution in [1.82, 2.24) is 0 Å². The number of amides is 1. The lowest BCUT2D eigenvalue weighted by atomic mass is 9.78. The summed E-state index contributed by atoms with van der Waals surface area (Å²) in [5.74, 6) is 1.07. The summed E-state index contributed by atoms with van der Waals surface area (Å²) in [6, 6.07) is 7.11. The van der Waals surface area contributed by atoms with Gasteiger partial charge in [0.05, 0.1) is 12.6 Å². The molecule has 1 aromatic carbocycles. The zero-order chi connectivity index (χ0) is 16.9. The number of benzene rings is 1. The van der Waals surface area contributed by atoms with Crippen molar-refractivity contribution in [3.8, 4) is 0 Å². The van der Waals surface area contributed by atoms with Gasteiger partial charge >= 0.3 is 0 Å². The molecule has 2 aliphatic rings. The van der Waals surface area contributed by atoms with Crippen molar-refractivity contribution in [2.75, 3.05) is 18.4 Å². The van der Waals surface area contributed by atoms with Crippen LogP contribution in [-0.4, -0.2) is 25.0 Å². The largest absolute Gasteiger partial charge is 0.324 e. The molecule has 3 nitrogen and oxygen atoms in total. The molecule has 1 amide bonds. The Kier molecular flexibility index (Phi) is 5.94. The minimum Gasteiger partial charge on any atom is -0.324 e. The number of quaternary nitrogens is 1. The first-order valence-corrected chi connectivity index (χ1v) is 9.98. The molecule has 3 rings (SSSR count). The average Bonchev–Trinajstić information content (AvgIpc) is 2.62. The molecule has 1 aliphatic heterocycles. The van der Waals surface area contributed by atoms with Crippen molar-refractivity contribution >= 4 is 11.6 Å². The van der Waals surface area contributed by atoms with Crippen molar-refractivity contribution in [1.29, 1.82) is 0 Å². The van der Waals surface area contributed by atoms with Crippen LogP contribution in [0, 0.1) is 5.92 Å². The number of fused-ring (bicyclic) bond motifs is 1. The summed E-state index contributed by atoms with van der Waals surface area (Å²) in [5.41, 5.74) is 3.59. The van der Waals surface area contributed by atoms with Crippen molar-refractivity contribution < 1.29 is 9.69 Å². The lowest BCUT2D eigenvalue weighted by molar-refractivity contribution is -0.928. The molecule has 3 atom stereocenters. The second-order valence-electron chi connectivity index (χ2n) is 7.58. The van der Waals surface area contributed by atoms with Gasteiger partial charge in [-0.25, -0.2) is 0 Å². The number of para-hydroxylation sites is 1. The molecule has 1 aromatic rings. The minimum absolute atomic E-state index is 0.201. The molecule has 1 saturated heterocycles. The Labute approximate surface area is 146 Å². The predicted octanol–water partition coefficient (Wildman–Crippen LogP) is 2.99. The van der Waals surface area contributed by atoms with Gasteiger partial charge in [-0.3, -0.25) is 4.79 Å². The number of likely N-dealkylation sites (tertiary alicyclic amines) is 1. The Hall–Kier alpha value is -1.35. The van der Waals surface area contributed by atoms with Crippen LogP contribution in [0.3, 0.4) is 0 Å². The van der Waals surface area contributed by atoms with Crippen molar-refractivity contribution in [3.63, 3.8) is 0 Å². The van der Waals surface area contributed by atoms with E-state index in [1.807, 2.05) is 0 Å². The molecule has 1 aliphatic carbocycles. The number of carbonyl (C=O) groups excluding carboxylic acids is 1. The highest BCUT2D eigenvalue weighted by Crippen LogP contribution is 2.28. The van der Waals surface area contributed by atoms with E-state index < -0.39 is 0 Å². The van der Waals surface area contributed by atoms with Gasteiger partial charge < -0.3 is 10.2 Å². The highest BCUT2D eigenvalue weighted by Gasteiger charge is 2.37. The third kappa shape index (κ3) is 3.83. The molecule has 1 heterocycles. The summed E-state index contributed by atoms with van der Waals surface area (Å²) in [6.45, 7) is 6.13. The van der Waals surface area contributed by atoms with Crippen LogP contribution in [0.15, 0.2) is 18.2 Å². The van der Waals surface area contributed by atoms with Crippen LogP contribution >= 0.6 is 0 Å². The van der Waals surface area contributed by atoms with Crippen molar-refractivity contribution in [2.24, 2.45) is 5.92 Å². The topological polar surface area (TPSA) is 33.5 Å². The van der Waals surface area contributed by atoms with Gasteiger partial charge in [-0.15, -0.1) is 0 Å². The standard InChI is InChI=1S/C21H32N2O/c1-3-16-10-7-11-17(4-2)21(16)22-20(24)15-23-14-8-12-18-9-5-6-13-19(18)23/h7,10-11,18-19H,3-6,8-9,12-15H2,1-2H3,(H,22,24)/p+1/t18-,19+/m1/s1. The maximum absolute atomic E-state index is 12.8. The van der Waals surface area contributed by atoms with Gasteiger partial charge in [0.1, 0.15) is 0 Å². The maximum Gasteiger partial charge on any atom is 0.279 e. The molecule has 0 bridgehead atoms. The first-order chi connectivity index (χ1) is 11.7. The smallest absolute Gasteiger partial charge is 0.279 e. The minimum atomic E-state index is 0.201. The molecular weight excluding hydrogens is 296 g/mol. The number of piperidine rings is 1. The molecule has 1 saturated carbocycles. The fraction of sp³-hybridized carbons (Fsp3) is 0.667. The Morgan fingerprint density at radius 2 is 1.75 bits per heavy atom. The highest BCUT2D eigenvalue weighted by molar-refractivity contribution is 5.93. The van der Waals surface area contributed by atoms with E-state index in [2.05, 4.69) is 37.4 Å². The molecule has 0 radical (unpaired) electrons. The average molecular weight is 330 g/mol. The molecule has 3 heteroatoms. The van der Waals surface area contributed by atoms with E-state index in [0.717, 1.165) is 30.5 Å². The number of rotatable bonds is 5. The number of hydrogen-bond acceptors (Lipinski definition) is 1. The van der Waals surface area contributed by atoms with E-state index in [4.69, 9.17) is 0 Å². The summed E-state index contributed by atoms with van der Waals surface area (Å²) in [4.78, 5) is 14.3. The van der Waals surface area contributed by atoms with Crippen LogP contribution < -0.4 is 10.2 Å². The second kappa shape index (κ2) is 8.15. The zero-order valence-corrected chi connectivity index (χ0v) is 15.4. The molecule has 0 spiro atoms. The normalized spacial score (nSPS) is 26.7. The Bertz CT molecular complexity index is 545. The fourth-order valence-electron chi connectivity index (χ4n) is 4.88. The Morgan fingerprint density at radius 1 is 1.08 bits per heavy atom. The Balaban J connectivity index is 1.67. The zero-order valence-electron chi connectivity index (χ0n) is 15.4. The quantitative estimate of drug-likeness (QED) is 0.855. The molecule has 132 valence electrons. The molecule has 2 fully saturated rings. The second-order valence-corrected chi connectivity index (χ2v) is 7.58. The van der Waals surface area contributed by atoms with Gasteiger partial charge in [0.25, 0.3) is 5.91 Å². The van der Waals surface area contributed by atoms with E-state index in [1.54, 1.807) is 0 Å². The van der Waals surface area contributed by atoms with E-state index in [-0.39, 0.29) is 5.91 Å². The SMILES string of the molecule is CCc1cccc(CC)c1NC(=O)C[NH+]1CCC[C@H]2CCCC[C@@H]21. The monoisotopic (exact) mass is 329 g/mol. The number of hydrogen-bond donors (Lipinski definition) is 2. The van der Waals surface area contributed by atoms with E-state index in [1.165, 1.54) is 61.1 Å². The van der Waals surface area contributed by atoms with Gasteiger partial charge in [-0.05, 0) is 56.1 Å². The summed E-state index contributed by atoms with van der Waals surface area (Å²) >= 11 is 0. The van der Waals surface area contributed by atoms with Crippen LogP contribution in [0.25, 0.3) is 0 Å². The lowest BCUT2D eigenvalue weighted by Crippen LogP contribution is -3.18. The van der Waals surface area contributed by atoms with Gasteiger partial charge in [-0.2, -0.15) is 0 Å². The van der Waals surface area contributed by atoms with E-state index >= 15 is 0 Å². The highest BCUT2D eigenvalue weighted by atomic mass is 16.2. The van der Waals surface area contributed by atoms with Crippen LogP contribution in [0.4, 0.5) is 5.69 Å². The number of nitrogens with one attached hydrogen (secondary N) is 2. The molecular formula is C21H33N2O+. The van der Waals surface area contributed by atoms with Crippen LogP contribution in [0.5, 0.6) is 0 Å².